The lowest BCUT2D eigenvalue weighted by Crippen LogP contribution is -2.58. The molecule has 2 N–H and O–H groups in total. The summed E-state index contributed by atoms with van der Waals surface area (Å²) in [5.41, 5.74) is 2.67. The molecule has 0 saturated carbocycles. The summed E-state index contributed by atoms with van der Waals surface area (Å²) in [5.74, 6) is -0.208. The van der Waals surface area contributed by atoms with Crippen molar-refractivity contribution < 1.29 is 14.0 Å². The van der Waals surface area contributed by atoms with Crippen LogP contribution >= 0.6 is 0 Å². The van der Waals surface area contributed by atoms with Gasteiger partial charge in [-0.15, -0.1) is 0 Å². The molecule has 1 saturated heterocycles. The Labute approximate surface area is 208 Å². The number of aromatic amines is 1. The molecular formula is C27H27FN6O2. The van der Waals surface area contributed by atoms with Gasteiger partial charge in [-0.05, 0) is 44.2 Å². The lowest BCUT2D eigenvalue weighted by molar-refractivity contribution is -0.133. The Kier molecular flexibility index (Phi) is 6.13. The largest absolute Gasteiger partial charge is 0.352 e. The molecule has 4 aromatic rings. The van der Waals surface area contributed by atoms with Crippen molar-refractivity contribution in [2.75, 3.05) is 23.3 Å². The van der Waals surface area contributed by atoms with Crippen LogP contribution in [0.2, 0.25) is 0 Å². The number of nitrogens with one attached hydrogen (secondary N) is 2. The van der Waals surface area contributed by atoms with Crippen LogP contribution in [0.3, 0.4) is 0 Å². The number of benzene rings is 1. The van der Waals surface area contributed by atoms with Crippen molar-refractivity contribution in [3.8, 4) is 11.3 Å². The van der Waals surface area contributed by atoms with E-state index < -0.39 is 11.7 Å². The van der Waals surface area contributed by atoms with Crippen molar-refractivity contribution in [2.24, 2.45) is 0 Å². The van der Waals surface area contributed by atoms with E-state index in [4.69, 9.17) is 4.98 Å². The van der Waals surface area contributed by atoms with Crippen LogP contribution < -0.4 is 10.2 Å². The van der Waals surface area contributed by atoms with Gasteiger partial charge in [0.05, 0.1) is 23.1 Å². The Balaban J connectivity index is 1.42. The van der Waals surface area contributed by atoms with Gasteiger partial charge in [0, 0.05) is 49.2 Å². The average molecular weight is 487 g/mol. The number of H-pyrrole nitrogens is 1. The number of fused-ring (bicyclic) bond motifs is 1. The first-order chi connectivity index (χ1) is 17.3. The Hall–Kier alpha value is -4.27. The van der Waals surface area contributed by atoms with Gasteiger partial charge in [0.25, 0.3) is 5.91 Å². The minimum absolute atomic E-state index is 0.0328. The van der Waals surface area contributed by atoms with Crippen LogP contribution in [0.25, 0.3) is 22.3 Å². The quantitative estimate of drug-likeness (QED) is 0.444. The molecule has 0 aliphatic carbocycles. The molecular weight excluding hydrogens is 459 g/mol. The van der Waals surface area contributed by atoms with Gasteiger partial charge in [0.15, 0.2) is 0 Å². The monoisotopic (exact) mass is 486 g/mol. The summed E-state index contributed by atoms with van der Waals surface area (Å²) >= 11 is 0. The van der Waals surface area contributed by atoms with Gasteiger partial charge >= 0.3 is 0 Å². The molecule has 1 fully saturated rings. The summed E-state index contributed by atoms with van der Waals surface area (Å²) < 4.78 is 14.0. The van der Waals surface area contributed by atoms with E-state index in [1.165, 1.54) is 24.4 Å². The Bertz CT molecular complexity index is 1440. The van der Waals surface area contributed by atoms with E-state index in [2.05, 4.69) is 34.0 Å². The highest BCUT2D eigenvalue weighted by molar-refractivity contribution is 6.05. The summed E-state index contributed by atoms with van der Waals surface area (Å²) in [6, 6.07) is 13.7. The zero-order chi connectivity index (χ0) is 25.4. The summed E-state index contributed by atoms with van der Waals surface area (Å²) in [7, 11) is 0. The van der Waals surface area contributed by atoms with E-state index in [1.54, 1.807) is 19.1 Å². The fraction of sp³-hybridized carbons (Fsp3) is 0.259. The number of pyridine rings is 2. The smallest absolute Gasteiger partial charge is 0.258 e. The predicted octanol–water partition coefficient (Wildman–Crippen LogP) is 4.46. The van der Waals surface area contributed by atoms with Crippen LogP contribution in [0, 0.1) is 5.82 Å². The highest BCUT2D eigenvalue weighted by Gasteiger charge is 2.31. The molecule has 8 nitrogen and oxygen atoms in total. The second-order valence-corrected chi connectivity index (χ2v) is 9.17. The molecule has 5 rings (SSSR count). The fourth-order valence-electron chi connectivity index (χ4n) is 5.01. The molecule has 36 heavy (non-hydrogen) atoms. The molecule has 184 valence electrons. The Morgan fingerprint density at radius 3 is 2.56 bits per heavy atom. The number of rotatable bonds is 4. The normalized spacial score (nSPS) is 17.9. The number of carbonyl (C=O) groups excluding carboxylic acids is 2. The first kappa shape index (κ1) is 23.5. The van der Waals surface area contributed by atoms with E-state index >= 15 is 0 Å². The van der Waals surface area contributed by atoms with Gasteiger partial charge < -0.3 is 20.1 Å². The van der Waals surface area contributed by atoms with E-state index in [-0.39, 0.29) is 23.6 Å². The minimum Gasteiger partial charge on any atom is -0.352 e. The average Bonchev–Trinajstić information content (AvgIpc) is 3.27. The maximum atomic E-state index is 14.0. The number of halogens is 1. The Morgan fingerprint density at radius 1 is 1.08 bits per heavy atom. The number of carbonyl (C=O) groups is 2. The van der Waals surface area contributed by atoms with Crippen LogP contribution in [-0.2, 0) is 4.79 Å². The summed E-state index contributed by atoms with van der Waals surface area (Å²) in [4.78, 5) is 41.2. The number of hydrogen-bond acceptors (Lipinski definition) is 5. The van der Waals surface area contributed by atoms with Gasteiger partial charge in [-0.25, -0.2) is 14.4 Å². The number of nitrogens with zero attached hydrogens (tertiary/aromatic N) is 4. The van der Waals surface area contributed by atoms with E-state index in [0.29, 0.717) is 24.4 Å². The van der Waals surface area contributed by atoms with Crippen LogP contribution in [0.1, 0.15) is 31.1 Å². The van der Waals surface area contributed by atoms with Crippen LogP contribution in [-0.4, -0.2) is 56.8 Å². The molecule has 1 aliphatic heterocycles. The summed E-state index contributed by atoms with van der Waals surface area (Å²) in [6.45, 7) is 7.11. The van der Waals surface area contributed by atoms with E-state index in [1.807, 2.05) is 29.3 Å². The van der Waals surface area contributed by atoms with Gasteiger partial charge in [-0.1, -0.05) is 18.2 Å². The van der Waals surface area contributed by atoms with Crippen molar-refractivity contribution in [2.45, 2.75) is 32.9 Å². The number of aromatic nitrogens is 3. The third-order valence-electron chi connectivity index (χ3n) is 6.52. The van der Waals surface area contributed by atoms with Crippen molar-refractivity contribution in [1.82, 2.24) is 19.9 Å². The topological polar surface area (TPSA) is 94.2 Å². The van der Waals surface area contributed by atoms with Crippen LogP contribution in [0.5, 0.6) is 0 Å². The predicted molar refractivity (Wildman–Crippen MR) is 137 cm³/mol. The highest BCUT2D eigenvalue weighted by Crippen LogP contribution is 2.30. The standard InChI is InChI=1S/C27H27FN6O2/c1-16-14-33(15-17(2)34(16)18(3)35)25-10-6-9-24(32-25)22-13-30-26-21(22)11-19(12-29-26)31-27(36)20-7-4-5-8-23(20)28/h4-13,16-17H,14-15H2,1-3H3,(H,29,30)(H,31,36)/t16-,17+. The minimum atomic E-state index is -0.583. The highest BCUT2D eigenvalue weighted by atomic mass is 19.1. The molecule has 1 aliphatic rings. The maximum absolute atomic E-state index is 14.0. The lowest BCUT2D eigenvalue weighted by Gasteiger charge is -2.44. The Morgan fingerprint density at radius 2 is 1.83 bits per heavy atom. The third-order valence-corrected chi connectivity index (χ3v) is 6.52. The molecule has 2 atom stereocenters. The lowest BCUT2D eigenvalue weighted by atomic mass is 10.1. The molecule has 0 bridgehead atoms. The summed E-state index contributed by atoms with van der Waals surface area (Å²) in [5, 5.41) is 3.52. The number of hydrogen-bond donors (Lipinski definition) is 2. The molecule has 4 heterocycles. The third kappa shape index (κ3) is 4.39. The van der Waals surface area contributed by atoms with Gasteiger partial charge in [0.1, 0.15) is 17.3 Å². The SMILES string of the molecule is CC(=O)N1[C@H](C)CN(c2cccc(-c3c[nH]c4ncc(NC(=O)c5ccccc5F)cc34)n2)C[C@@H]1C. The number of anilines is 2. The van der Waals surface area contributed by atoms with Gasteiger partial charge in [-0.2, -0.15) is 0 Å². The molecule has 0 unspecified atom stereocenters. The summed E-state index contributed by atoms with van der Waals surface area (Å²) in [6.07, 6.45) is 3.37. The molecule has 9 heteroatoms. The zero-order valence-corrected chi connectivity index (χ0v) is 20.3. The number of piperazine rings is 1. The molecule has 0 radical (unpaired) electrons. The zero-order valence-electron chi connectivity index (χ0n) is 20.3. The second-order valence-electron chi connectivity index (χ2n) is 9.17. The second kappa shape index (κ2) is 9.41. The maximum Gasteiger partial charge on any atom is 0.258 e. The van der Waals surface area contributed by atoms with Crippen LogP contribution in [0.15, 0.2) is 60.9 Å². The van der Waals surface area contributed by atoms with Crippen molar-refractivity contribution in [3.05, 3.63) is 72.3 Å². The molecule has 1 aromatic carbocycles. The van der Waals surface area contributed by atoms with Gasteiger partial charge in [-0.3, -0.25) is 9.59 Å². The van der Waals surface area contributed by atoms with Gasteiger partial charge in [0.2, 0.25) is 5.91 Å². The first-order valence-corrected chi connectivity index (χ1v) is 11.9. The van der Waals surface area contributed by atoms with E-state index in [9.17, 15) is 14.0 Å². The number of amides is 2. The molecule has 3 aromatic heterocycles. The molecule has 0 spiro atoms. The van der Waals surface area contributed by atoms with Crippen LogP contribution in [0.4, 0.5) is 15.9 Å². The van der Waals surface area contributed by atoms with Crippen molar-refractivity contribution in [3.63, 3.8) is 0 Å². The van der Waals surface area contributed by atoms with Crippen molar-refractivity contribution in [1.29, 1.82) is 0 Å². The van der Waals surface area contributed by atoms with Crippen molar-refractivity contribution >= 4 is 34.4 Å². The fourth-order valence-corrected chi connectivity index (χ4v) is 5.01. The first-order valence-electron chi connectivity index (χ1n) is 11.9. The van der Waals surface area contributed by atoms with E-state index in [0.717, 1.165) is 22.5 Å². The molecule has 2 amide bonds.